The maximum Gasteiger partial charge on any atom is 0.253 e. The maximum absolute atomic E-state index is 13.9. The fourth-order valence-corrected chi connectivity index (χ4v) is 4.33. The van der Waals surface area contributed by atoms with E-state index >= 15 is 0 Å². The summed E-state index contributed by atoms with van der Waals surface area (Å²) in [6, 6.07) is 12.6. The number of para-hydroxylation sites is 1. The summed E-state index contributed by atoms with van der Waals surface area (Å²) >= 11 is -0.807. The van der Waals surface area contributed by atoms with Crippen LogP contribution in [0.3, 0.4) is 0 Å². The van der Waals surface area contributed by atoms with Crippen LogP contribution in [0.15, 0.2) is 67.0 Å². The molecule has 1 heterocycles. The molecule has 0 fully saturated rings. The smallest absolute Gasteiger partial charge is 0.253 e. The molecule has 33 heavy (non-hydrogen) atoms. The van der Waals surface area contributed by atoms with E-state index in [-0.39, 0.29) is 29.0 Å². The van der Waals surface area contributed by atoms with Gasteiger partial charge in [-0.1, -0.05) is 12.1 Å². The zero-order valence-electron chi connectivity index (χ0n) is 16.7. The van der Waals surface area contributed by atoms with Gasteiger partial charge in [0.25, 0.3) is 5.91 Å². The number of rotatable bonds is 6. The molecule has 7 nitrogen and oxygen atoms in total. The molecule has 0 aliphatic rings. The minimum absolute atomic E-state index is 0.0445. The van der Waals surface area contributed by atoms with Crippen LogP contribution in [-0.4, -0.2) is 24.6 Å². The third kappa shape index (κ3) is 4.99. The van der Waals surface area contributed by atoms with Crippen molar-refractivity contribution in [2.45, 2.75) is 6.54 Å². The summed E-state index contributed by atoms with van der Waals surface area (Å²) in [4.78, 5) is 21.4. The predicted molar refractivity (Wildman–Crippen MR) is 127 cm³/mol. The van der Waals surface area contributed by atoms with Crippen molar-refractivity contribution in [2.24, 2.45) is 0 Å². The molecule has 1 unspecified atom stereocenters. The number of nitrogens with zero attached hydrogens (tertiary/aromatic N) is 3. The summed E-state index contributed by atoms with van der Waals surface area (Å²) in [5.74, 6) is -2.16. The number of hydrogen-bond acceptors (Lipinski definition) is 5. The van der Waals surface area contributed by atoms with Crippen molar-refractivity contribution in [2.75, 3.05) is 4.31 Å². The number of amides is 1. The SMILES string of the molecule is O=C(NCc1ccc(F)cc1F)c1ccc(I)cc1N(c1cccc2nccnc12)S(=O)[O-]. The number of benzene rings is 3. The van der Waals surface area contributed by atoms with E-state index in [1.807, 2.05) is 22.6 Å². The van der Waals surface area contributed by atoms with E-state index < -0.39 is 28.8 Å². The number of carbonyl (C=O) groups is 1. The Bertz CT molecular complexity index is 1380. The van der Waals surface area contributed by atoms with Gasteiger partial charge in [-0.05, 0) is 59.0 Å². The molecule has 1 atom stereocenters. The Morgan fingerprint density at radius 1 is 1.06 bits per heavy atom. The van der Waals surface area contributed by atoms with Crippen LogP contribution in [0.2, 0.25) is 0 Å². The molecular formula is C22H14F2IN4O3S-. The number of hydrogen-bond donors (Lipinski definition) is 1. The molecule has 4 aromatic rings. The van der Waals surface area contributed by atoms with E-state index in [0.717, 1.165) is 16.4 Å². The highest BCUT2D eigenvalue weighted by Crippen LogP contribution is 2.34. The second-order valence-electron chi connectivity index (χ2n) is 6.79. The molecule has 0 bridgehead atoms. The Balaban J connectivity index is 1.74. The first-order chi connectivity index (χ1) is 15.8. The van der Waals surface area contributed by atoms with E-state index in [0.29, 0.717) is 14.6 Å². The summed E-state index contributed by atoms with van der Waals surface area (Å²) in [6.07, 6.45) is 2.93. The van der Waals surface area contributed by atoms with Gasteiger partial charge in [0.2, 0.25) is 0 Å². The van der Waals surface area contributed by atoms with Crippen LogP contribution >= 0.6 is 22.6 Å². The molecule has 0 spiro atoms. The highest BCUT2D eigenvalue weighted by Gasteiger charge is 2.22. The van der Waals surface area contributed by atoms with Crippen LogP contribution in [0.1, 0.15) is 15.9 Å². The second-order valence-corrected chi connectivity index (χ2v) is 8.84. The monoisotopic (exact) mass is 579 g/mol. The molecule has 4 rings (SSSR count). The number of carbonyl (C=O) groups excluding carboxylic acids is 1. The average Bonchev–Trinajstić information content (AvgIpc) is 2.78. The van der Waals surface area contributed by atoms with Gasteiger partial charge in [0.15, 0.2) is 0 Å². The molecule has 0 saturated heterocycles. The Morgan fingerprint density at radius 3 is 2.61 bits per heavy atom. The van der Waals surface area contributed by atoms with Gasteiger partial charge >= 0.3 is 0 Å². The lowest BCUT2D eigenvalue weighted by Crippen LogP contribution is -2.28. The molecule has 0 aliphatic carbocycles. The predicted octanol–water partition coefficient (Wildman–Crippen LogP) is 4.37. The Labute approximate surface area is 203 Å². The molecule has 1 N–H and O–H groups in total. The number of anilines is 2. The Kier molecular flexibility index (Phi) is 6.91. The molecule has 0 aliphatic heterocycles. The van der Waals surface area contributed by atoms with Gasteiger partial charge in [0.05, 0.1) is 33.7 Å². The van der Waals surface area contributed by atoms with Gasteiger partial charge in [-0.15, -0.1) is 0 Å². The second kappa shape index (κ2) is 9.85. The first kappa shape index (κ1) is 23.1. The minimum atomic E-state index is -2.81. The summed E-state index contributed by atoms with van der Waals surface area (Å²) in [5, 5.41) is 2.56. The van der Waals surface area contributed by atoms with Gasteiger partial charge in [0, 0.05) is 34.1 Å². The van der Waals surface area contributed by atoms with Crippen molar-refractivity contribution < 1.29 is 22.3 Å². The van der Waals surface area contributed by atoms with Crippen LogP contribution in [-0.2, 0) is 17.8 Å². The number of fused-ring (bicyclic) bond motifs is 1. The summed E-state index contributed by atoms with van der Waals surface area (Å²) in [6.45, 7) is -0.212. The highest BCUT2D eigenvalue weighted by atomic mass is 127. The molecule has 3 aromatic carbocycles. The fraction of sp³-hybridized carbons (Fsp3) is 0.0455. The minimum Gasteiger partial charge on any atom is -0.755 e. The highest BCUT2D eigenvalue weighted by molar-refractivity contribution is 14.1. The number of nitrogens with one attached hydrogen (secondary N) is 1. The molecule has 0 radical (unpaired) electrons. The van der Waals surface area contributed by atoms with Gasteiger partial charge in [-0.3, -0.25) is 23.3 Å². The fourth-order valence-electron chi connectivity index (χ4n) is 3.23. The standard InChI is InChI=1S/C22H15F2IN4O3S/c23-14-5-4-13(17(24)10-14)12-28-22(30)16-7-6-15(25)11-20(16)29(33(31)32)19-3-1-2-18-21(19)27-9-8-26-18/h1-11H,12H2,(H,28,30)(H,31,32)/p-1. The summed E-state index contributed by atoms with van der Waals surface area (Å²) in [7, 11) is 0. The van der Waals surface area contributed by atoms with Crippen molar-refractivity contribution in [3.63, 3.8) is 0 Å². The zero-order chi connectivity index (χ0) is 23.5. The van der Waals surface area contributed by atoms with Crippen molar-refractivity contribution in [1.82, 2.24) is 15.3 Å². The molecule has 168 valence electrons. The lowest BCUT2D eigenvalue weighted by atomic mass is 10.1. The quantitative estimate of drug-likeness (QED) is 0.270. The molecule has 11 heteroatoms. The van der Waals surface area contributed by atoms with Crippen molar-refractivity contribution in [3.8, 4) is 0 Å². The molecule has 0 saturated carbocycles. The normalized spacial score (nSPS) is 11.9. The Hall–Kier alpha value is -3.03. The van der Waals surface area contributed by atoms with Crippen LogP contribution < -0.4 is 9.62 Å². The first-order valence-corrected chi connectivity index (χ1v) is 11.6. The molecule has 1 aromatic heterocycles. The van der Waals surface area contributed by atoms with Gasteiger partial charge in [-0.2, -0.15) is 0 Å². The van der Waals surface area contributed by atoms with Crippen LogP contribution in [0, 0.1) is 15.2 Å². The van der Waals surface area contributed by atoms with E-state index in [1.165, 1.54) is 24.5 Å². The van der Waals surface area contributed by atoms with E-state index in [2.05, 4.69) is 15.3 Å². The molecular weight excluding hydrogens is 565 g/mol. The lowest BCUT2D eigenvalue weighted by molar-refractivity contribution is 0.0951. The summed E-state index contributed by atoms with van der Waals surface area (Å²) in [5.41, 5.74) is 1.25. The third-order valence-corrected chi connectivity index (χ3v) is 6.09. The largest absolute Gasteiger partial charge is 0.755 e. The van der Waals surface area contributed by atoms with Crippen LogP contribution in [0.4, 0.5) is 20.2 Å². The topological polar surface area (TPSA) is 98.2 Å². The van der Waals surface area contributed by atoms with E-state index in [4.69, 9.17) is 0 Å². The van der Waals surface area contributed by atoms with E-state index in [9.17, 15) is 22.3 Å². The van der Waals surface area contributed by atoms with Gasteiger partial charge < -0.3 is 9.87 Å². The molecule has 1 amide bonds. The Morgan fingerprint density at radius 2 is 1.85 bits per heavy atom. The maximum atomic E-state index is 13.9. The van der Waals surface area contributed by atoms with Crippen LogP contribution in [0.25, 0.3) is 11.0 Å². The zero-order valence-corrected chi connectivity index (χ0v) is 19.6. The van der Waals surface area contributed by atoms with Crippen molar-refractivity contribution in [3.05, 3.63) is 93.3 Å². The third-order valence-electron chi connectivity index (χ3n) is 4.72. The van der Waals surface area contributed by atoms with E-state index in [1.54, 1.807) is 30.3 Å². The first-order valence-electron chi connectivity index (χ1n) is 9.46. The average molecular weight is 579 g/mol. The number of aromatic nitrogens is 2. The van der Waals surface area contributed by atoms with Crippen molar-refractivity contribution >= 4 is 62.2 Å². The van der Waals surface area contributed by atoms with Gasteiger partial charge in [-0.25, -0.2) is 8.78 Å². The summed E-state index contributed by atoms with van der Waals surface area (Å²) < 4.78 is 53.4. The number of halogens is 3. The van der Waals surface area contributed by atoms with Crippen molar-refractivity contribution in [1.29, 1.82) is 0 Å². The van der Waals surface area contributed by atoms with Crippen LogP contribution in [0.5, 0.6) is 0 Å². The lowest BCUT2D eigenvalue weighted by Gasteiger charge is -2.29. The van der Waals surface area contributed by atoms with Gasteiger partial charge in [0.1, 0.15) is 17.2 Å².